The summed E-state index contributed by atoms with van der Waals surface area (Å²) in [5.74, 6) is 0. The number of ether oxygens (including phenoxy) is 2. The second-order valence-corrected chi connectivity index (χ2v) is 10.00. The van der Waals surface area contributed by atoms with Crippen LogP contribution in [0, 0.1) is 0 Å². The van der Waals surface area contributed by atoms with Crippen LogP contribution >= 0.6 is 0 Å². The van der Waals surface area contributed by atoms with Crippen LogP contribution in [0.25, 0.3) is 0 Å². The summed E-state index contributed by atoms with van der Waals surface area (Å²) in [5.41, 5.74) is 0.735. The summed E-state index contributed by atoms with van der Waals surface area (Å²) in [6, 6.07) is 7.55. The fraction of sp³-hybridized carbons (Fsp3) is 0.667. The van der Waals surface area contributed by atoms with Gasteiger partial charge in [0.2, 0.25) is 10.0 Å². The zero-order valence-corrected chi connectivity index (χ0v) is 19.8. The molecule has 1 N–H and O–H groups in total. The highest BCUT2D eigenvalue weighted by Crippen LogP contribution is 2.21. The number of anilines is 1. The molecule has 0 fully saturated rings. The third-order valence-electron chi connectivity index (χ3n) is 4.76. The van der Waals surface area contributed by atoms with E-state index in [1.54, 1.807) is 29.3 Å². The first kappa shape index (κ1) is 24.4. The van der Waals surface area contributed by atoms with Crippen LogP contribution in [-0.2, 0) is 19.5 Å². The van der Waals surface area contributed by atoms with E-state index >= 15 is 0 Å². The van der Waals surface area contributed by atoms with Gasteiger partial charge in [-0.2, -0.15) is 0 Å². The Morgan fingerprint density at radius 1 is 1.10 bits per heavy atom. The van der Waals surface area contributed by atoms with E-state index in [2.05, 4.69) is 42.4 Å². The quantitative estimate of drug-likeness (QED) is 0.531. The fourth-order valence-corrected chi connectivity index (χ4v) is 4.36. The van der Waals surface area contributed by atoms with Crippen molar-refractivity contribution in [3.63, 3.8) is 0 Å². The lowest BCUT2D eigenvalue weighted by molar-refractivity contribution is 0.146. The summed E-state index contributed by atoms with van der Waals surface area (Å²) in [6.07, 6.45) is 1.94. The van der Waals surface area contributed by atoms with Crippen LogP contribution in [0.3, 0.4) is 0 Å². The van der Waals surface area contributed by atoms with Crippen LogP contribution in [0.15, 0.2) is 34.3 Å². The van der Waals surface area contributed by atoms with Gasteiger partial charge in [-0.15, -0.1) is 0 Å². The van der Waals surface area contributed by atoms with Crippen LogP contribution < -0.4 is 9.73 Å². The number of nitrogens with zero attached hydrogens (tertiary/aromatic N) is 3. The monoisotopic (exact) mass is 440 g/mol. The van der Waals surface area contributed by atoms with Crippen molar-refractivity contribution in [2.24, 2.45) is 5.10 Å². The minimum absolute atomic E-state index is 0.0267. The molecule has 0 spiro atoms. The zero-order valence-electron chi connectivity index (χ0n) is 19.0. The molecule has 0 saturated carbocycles. The van der Waals surface area contributed by atoms with Crippen LogP contribution in [-0.4, -0.2) is 57.4 Å². The third-order valence-corrected chi connectivity index (χ3v) is 6.23. The van der Waals surface area contributed by atoms with Crippen LogP contribution in [0.5, 0.6) is 0 Å². The van der Waals surface area contributed by atoms with Crippen molar-refractivity contribution >= 4 is 21.8 Å². The molecule has 1 heterocycles. The SMILES string of the molecule is CC(C)OC1=NN(c2ccc(S(=O)(=O)NCCCCN(C(C)C)C(C)C)cc2)CO1. The molecule has 0 unspecified atom stereocenters. The van der Waals surface area contributed by atoms with Crippen molar-refractivity contribution in [1.29, 1.82) is 0 Å². The van der Waals surface area contributed by atoms with E-state index in [1.165, 1.54) is 0 Å². The first-order chi connectivity index (χ1) is 14.1. The Morgan fingerprint density at radius 2 is 1.73 bits per heavy atom. The number of rotatable bonds is 11. The second-order valence-electron chi connectivity index (χ2n) is 8.23. The van der Waals surface area contributed by atoms with E-state index in [9.17, 15) is 8.42 Å². The summed E-state index contributed by atoms with van der Waals surface area (Å²) in [4.78, 5) is 2.65. The molecular formula is C21H36N4O4S. The van der Waals surface area contributed by atoms with Gasteiger partial charge >= 0.3 is 6.08 Å². The molecule has 0 aromatic heterocycles. The van der Waals surface area contributed by atoms with E-state index in [1.807, 2.05) is 13.8 Å². The zero-order chi connectivity index (χ0) is 22.3. The van der Waals surface area contributed by atoms with Gasteiger partial charge in [-0.25, -0.2) is 18.1 Å². The number of nitrogens with one attached hydrogen (secondary N) is 1. The lowest BCUT2D eigenvalue weighted by atomic mass is 10.2. The summed E-state index contributed by atoms with van der Waals surface area (Å²) < 4.78 is 38.6. The van der Waals surface area contributed by atoms with Gasteiger partial charge in [0.05, 0.1) is 16.7 Å². The van der Waals surface area contributed by atoms with Crippen molar-refractivity contribution in [3.8, 4) is 0 Å². The minimum Gasteiger partial charge on any atom is -0.447 e. The van der Waals surface area contributed by atoms with Gasteiger partial charge in [0.25, 0.3) is 0 Å². The Labute approximate surface area is 181 Å². The second kappa shape index (κ2) is 11.0. The summed E-state index contributed by atoms with van der Waals surface area (Å²) in [7, 11) is -3.53. The van der Waals surface area contributed by atoms with Crippen molar-refractivity contribution in [3.05, 3.63) is 24.3 Å². The first-order valence-electron chi connectivity index (χ1n) is 10.6. The normalized spacial score (nSPS) is 14.7. The maximum Gasteiger partial charge on any atom is 0.408 e. The maximum atomic E-state index is 12.5. The summed E-state index contributed by atoms with van der Waals surface area (Å²) in [6.45, 7) is 14.2. The molecular weight excluding hydrogens is 404 g/mol. The summed E-state index contributed by atoms with van der Waals surface area (Å²) in [5, 5.41) is 5.86. The molecule has 0 radical (unpaired) electrons. The van der Waals surface area contributed by atoms with Crippen molar-refractivity contribution < 1.29 is 17.9 Å². The van der Waals surface area contributed by atoms with Crippen molar-refractivity contribution in [2.45, 2.75) is 77.5 Å². The molecule has 8 nitrogen and oxygen atoms in total. The highest BCUT2D eigenvalue weighted by molar-refractivity contribution is 7.89. The average Bonchev–Trinajstić information content (AvgIpc) is 3.11. The Hall–Kier alpha value is -1.84. The predicted molar refractivity (Wildman–Crippen MR) is 120 cm³/mol. The Bertz CT molecular complexity index is 784. The third kappa shape index (κ3) is 7.14. The average molecular weight is 441 g/mol. The molecule has 0 bridgehead atoms. The summed E-state index contributed by atoms with van der Waals surface area (Å²) >= 11 is 0. The highest BCUT2D eigenvalue weighted by atomic mass is 32.2. The lowest BCUT2D eigenvalue weighted by Crippen LogP contribution is -2.38. The number of hydrogen-bond acceptors (Lipinski definition) is 7. The molecule has 0 aliphatic carbocycles. The van der Waals surface area contributed by atoms with Crippen LogP contribution in [0.1, 0.15) is 54.4 Å². The standard InChI is InChI=1S/C21H36N4O4S/c1-16(2)24(17(3)4)14-8-7-13-22-30(26,27)20-11-9-19(10-12-20)25-15-28-21(23-25)29-18(5)6/h9-12,16-18,22H,7-8,13-15H2,1-6H3. The van der Waals surface area contributed by atoms with Gasteiger partial charge in [-0.3, -0.25) is 4.90 Å². The van der Waals surface area contributed by atoms with E-state index in [0.29, 0.717) is 18.6 Å². The number of hydrogen-bond donors (Lipinski definition) is 1. The molecule has 170 valence electrons. The van der Waals surface area contributed by atoms with Gasteiger partial charge in [-0.1, -0.05) is 5.10 Å². The molecule has 1 aromatic carbocycles. The van der Waals surface area contributed by atoms with Gasteiger partial charge in [0, 0.05) is 18.6 Å². The van der Waals surface area contributed by atoms with Crippen LogP contribution in [0.2, 0.25) is 0 Å². The topological polar surface area (TPSA) is 83.5 Å². The molecule has 0 saturated heterocycles. The fourth-order valence-electron chi connectivity index (χ4n) is 3.28. The molecule has 0 amide bonds. The van der Waals surface area contributed by atoms with E-state index in [-0.39, 0.29) is 23.8 Å². The number of hydrazone groups is 1. The largest absolute Gasteiger partial charge is 0.447 e. The number of benzene rings is 1. The maximum absolute atomic E-state index is 12.5. The molecule has 9 heteroatoms. The number of unbranched alkanes of at least 4 members (excludes halogenated alkanes) is 1. The van der Waals surface area contributed by atoms with Gasteiger partial charge in [0.1, 0.15) is 0 Å². The van der Waals surface area contributed by atoms with Gasteiger partial charge < -0.3 is 9.47 Å². The highest BCUT2D eigenvalue weighted by Gasteiger charge is 2.21. The first-order valence-corrected chi connectivity index (χ1v) is 12.1. The molecule has 1 aliphatic rings. The molecule has 1 aliphatic heterocycles. The Balaban J connectivity index is 1.84. The predicted octanol–water partition coefficient (Wildman–Crippen LogP) is 3.35. The van der Waals surface area contributed by atoms with E-state index in [0.717, 1.165) is 25.1 Å². The van der Waals surface area contributed by atoms with Crippen LogP contribution in [0.4, 0.5) is 5.69 Å². The van der Waals surface area contributed by atoms with Crippen molar-refractivity contribution in [1.82, 2.24) is 9.62 Å². The molecule has 0 atom stereocenters. The van der Waals surface area contributed by atoms with Gasteiger partial charge in [0.15, 0.2) is 6.73 Å². The number of sulfonamides is 1. The van der Waals surface area contributed by atoms with Crippen molar-refractivity contribution in [2.75, 3.05) is 24.8 Å². The molecule has 1 aromatic rings. The smallest absolute Gasteiger partial charge is 0.408 e. The van der Waals surface area contributed by atoms with E-state index in [4.69, 9.17) is 9.47 Å². The lowest BCUT2D eigenvalue weighted by Gasteiger charge is -2.30. The van der Waals surface area contributed by atoms with Gasteiger partial charge in [-0.05, 0) is 85.2 Å². The Kier molecular flexibility index (Phi) is 8.93. The molecule has 30 heavy (non-hydrogen) atoms. The molecule has 2 rings (SSSR count). The minimum atomic E-state index is -3.53. The van der Waals surface area contributed by atoms with E-state index < -0.39 is 10.0 Å². The Morgan fingerprint density at radius 3 is 2.30 bits per heavy atom.